The van der Waals surface area contributed by atoms with Crippen LogP contribution in [0.15, 0.2) is 23.1 Å². The number of nitrogens with zero attached hydrogens (tertiary/aromatic N) is 1. The van der Waals surface area contributed by atoms with Crippen molar-refractivity contribution in [2.45, 2.75) is 24.0 Å². The second kappa shape index (κ2) is 5.65. The Labute approximate surface area is 107 Å². The van der Waals surface area contributed by atoms with Gasteiger partial charge in [0.15, 0.2) is 0 Å². The maximum absolute atomic E-state index is 6.00. The summed E-state index contributed by atoms with van der Waals surface area (Å²) in [4.78, 5) is 3.54. The molecule has 1 fully saturated rings. The summed E-state index contributed by atoms with van der Waals surface area (Å²) in [5, 5.41) is 0.553. The van der Waals surface area contributed by atoms with Gasteiger partial charge < -0.3 is 15.4 Å². The van der Waals surface area contributed by atoms with Crippen LogP contribution >= 0.6 is 11.8 Å². The average Bonchev–Trinajstić information content (AvgIpc) is 2.32. The van der Waals surface area contributed by atoms with Crippen molar-refractivity contribution in [3.63, 3.8) is 0 Å². The molecule has 0 aromatic heterocycles. The summed E-state index contributed by atoms with van der Waals surface area (Å²) in [5.41, 5.74) is 8.13. The van der Waals surface area contributed by atoms with Gasteiger partial charge in [0.25, 0.3) is 0 Å². The van der Waals surface area contributed by atoms with E-state index in [0.29, 0.717) is 5.25 Å². The molecule has 94 valence electrons. The quantitative estimate of drug-likeness (QED) is 0.663. The molecule has 1 aromatic carbocycles. The number of thioether (sulfide) groups is 1. The zero-order chi connectivity index (χ0) is 12.3. The fourth-order valence-electron chi connectivity index (χ4n) is 1.90. The predicted octanol–water partition coefficient (Wildman–Crippen LogP) is 2.61. The van der Waals surface area contributed by atoms with E-state index in [-0.39, 0.29) is 0 Å². The van der Waals surface area contributed by atoms with Gasteiger partial charge in [0.2, 0.25) is 0 Å². The minimum absolute atomic E-state index is 0.553. The Morgan fingerprint density at radius 2 is 2.00 bits per heavy atom. The smallest absolute Gasteiger partial charge is 0.0642 e. The minimum Gasteiger partial charge on any atom is -0.398 e. The maximum atomic E-state index is 6.00. The summed E-state index contributed by atoms with van der Waals surface area (Å²) in [7, 11) is 0. The van der Waals surface area contributed by atoms with E-state index >= 15 is 0 Å². The molecular weight excluding hydrogens is 232 g/mol. The third-order valence-corrected chi connectivity index (χ3v) is 3.81. The predicted molar refractivity (Wildman–Crippen MR) is 74.9 cm³/mol. The van der Waals surface area contributed by atoms with Crippen LogP contribution in [-0.2, 0) is 4.74 Å². The van der Waals surface area contributed by atoms with Gasteiger partial charge in [-0.05, 0) is 18.2 Å². The van der Waals surface area contributed by atoms with E-state index < -0.39 is 0 Å². The van der Waals surface area contributed by atoms with Gasteiger partial charge in [0.1, 0.15) is 0 Å². The third kappa shape index (κ3) is 3.30. The molecule has 0 aliphatic carbocycles. The second-order valence-corrected chi connectivity index (χ2v) is 6.11. The Bertz CT molecular complexity index is 376. The fourth-order valence-corrected chi connectivity index (χ4v) is 2.80. The number of ether oxygens (including phenoxy) is 1. The highest BCUT2D eigenvalue weighted by Gasteiger charge is 2.13. The Balaban J connectivity index is 2.17. The largest absolute Gasteiger partial charge is 0.398 e. The van der Waals surface area contributed by atoms with Crippen LogP contribution in [0.4, 0.5) is 11.4 Å². The molecular formula is C13H20N2OS. The van der Waals surface area contributed by atoms with Crippen LogP contribution in [0, 0.1) is 0 Å². The lowest BCUT2D eigenvalue weighted by molar-refractivity contribution is 0.122. The van der Waals surface area contributed by atoms with E-state index in [1.165, 1.54) is 10.6 Å². The highest BCUT2D eigenvalue weighted by molar-refractivity contribution is 8.00. The number of nitrogen functional groups attached to an aromatic ring is 1. The van der Waals surface area contributed by atoms with Gasteiger partial charge in [-0.2, -0.15) is 0 Å². The van der Waals surface area contributed by atoms with E-state index in [9.17, 15) is 0 Å². The average molecular weight is 252 g/mol. The maximum Gasteiger partial charge on any atom is 0.0642 e. The lowest BCUT2D eigenvalue weighted by atomic mass is 10.2. The van der Waals surface area contributed by atoms with Crippen LogP contribution in [0.1, 0.15) is 13.8 Å². The van der Waals surface area contributed by atoms with Crippen molar-refractivity contribution in [2.24, 2.45) is 0 Å². The van der Waals surface area contributed by atoms with Crippen molar-refractivity contribution in [1.82, 2.24) is 0 Å². The molecule has 1 aliphatic rings. The number of morpholine rings is 1. The van der Waals surface area contributed by atoms with Crippen LogP contribution < -0.4 is 10.6 Å². The van der Waals surface area contributed by atoms with Crippen LogP contribution in [-0.4, -0.2) is 31.6 Å². The molecule has 0 spiro atoms. The molecule has 1 aliphatic heterocycles. The van der Waals surface area contributed by atoms with Crippen LogP contribution in [0.5, 0.6) is 0 Å². The summed E-state index contributed by atoms with van der Waals surface area (Å²) in [6.45, 7) is 7.94. The molecule has 0 amide bonds. The van der Waals surface area contributed by atoms with Gasteiger partial charge in [-0.1, -0.05) is 13.8 Å². The van der Waals surface area contributed by atoms with E-state index in [2.05, 4.69) is 30.9 Å². The second-order valence-electron chi connectivity index (χ2n) is 4.49. The lowest BCUT2D eigenvalue weighted by Crippen LogP contribution is -2.36. The first-order valence-electron chi connectivity index (χ1n) is 6.05. The summed E-state index contributed by atoms with van der Waals surface area (Å²) in [6, 6.07) is 6.31. The molecule has 2 rings (SSSR count). The van der Waals surface area contributed by atoms with E-state index in [1.54, 1.807) is 0 Å². The molecule has 1 aromatic rings. The molecule has 0 saturated carbocycles. The van der Waals surface area contributed by atoms with Gasteiger partial charge in [-0.3, -0.25) is 0 Å². The highest BCUT2D eigenvalue weighted by atomic mass is 32.2. The van der Waals surface area contributed by atoms with Crippen molar-refractivity contribution in [3.05, 3.63) is 18.2 Å². The van der Waals surface area contributed by atoms with E-state index in [0.717, 1.165) is 32.0 Å². The SMILES string of the molecule is CC(C)Sc1cc(N2CCOCC2)ccc1N. The van der Waals surface area contributed by atoms with Gasteiger partial charge in [0.05, 0.1) is 13.2 Å². The molecule has 3 nitrogen and oxygen atoms in total. The molecule has 0 bridgehead atoms. The van der Waals surface area contributed by atoms with Crippen molar-refractivity contribution in [2.75, 3.05) is 36.9 Å². The zero-order valence-electron chi connectivity index (χ0n) is 10.5. The van der Waals surface area contributed by atoms with Crippen molar-refractivity contribution in [3.8, 4) is 0 Å². The van der Waals surface area contributed by atoms with Crippen LogP contribution in [0.3, 0.4) is 0 Å². The number of hydrogen-bond donors (Lipinski definition) is 1. The molecule has 17 heavy (non-hydrogen) atoms. The number of anilines is 2. The molecule has 0 atom stereocenters. The monoisotopic (exact) mass is 252 g/mol. The minimum atomic E-state index is 0.553. The molecule has 1 saturated heterocycles. The Morgan fingerprint density at radius 3 is 2.65 bits per heavy atom. The normalized spacial score (nSPS) is 16.5. The highest BCUT2D eigenvalue weighted by Crippen LogP contribution is 2.32. The van der Waals surface area contributed by atoms with E-state index in [4.69, 9.17) is 10.5 Å². The van der Waals surface area contributed by atoms with E-state index in [1.807, 2.05) is 17.8 Å². The van der Waals surface area contributed by atoms with Gasteiger partial charge in [0, 0.05) is 34.6 Å². The summed E-state index contributed by atoms with van der Waals surface area (Å²) >= 11 is 1.82. The van der Waals surface area contributed by atoms with Crippen molar-refractivity contribution >= 4 is 23.1 Å². The van der Waals surface area contributed by atoms with Gasteiger partial charge in [-0.25, -0.2) is 0 Å². The fraction of sp³-hybridized carbons (Fsp3) is 0.538. The first kappa shape index (κ1) is 12.6. The number of nitrogens with two attached hydrogens (primary N) is 1. The molecule has 0 unspecified atom stereocenters. The van der Waals surface area contributed by atoms with Gasteiger partial charge in [-0.15, -0.1) is 11.8 Å². The van der Waals surface area contributed by atoms with Crippen LogP contribution in [0.2, 0.25) is 0 Å². The number of benzene rings is 1. The van der Waals surface area contributed by atoms with Crippen molar-refractivity contribution in [1.29, 1.82) is 0 Å². The Morgan fingerprint density at radius 1 is 1.29 bits per heavy atom. The molecule has 0 radical (unpaired) electrons. The first-order valence-corrected chi connectivity index (χ1v) is 6.93. The summed E-state index contributed by atoms with van der Waals surface area (Å²) in [6.07, 6.45) is 0. The standard InChI is InChI=1S/C13H20N2OS/c1-10(2)17-13-9-11(3-4-12(13)14)15-5-7-16-8-6-15/h3-4,9-10H,5-8,14H2,1-2H3. The third-order valence-electron chi connectivity index (χ3n) is 2.74. The first-order chi connectivity index (χ1) is 8.16. The Hall–Kier alpha value is -0.870. The lowest BCUT2D eigenvalue weighted by Gasteiger charge is -2.29. The Kier molecular flexibility index (Phi) is 4.18. The summed E-state index contributed by atoms with van der Waals surface area (Å²) < 4.78 is 5.37. The molecule has 4 heteroatoms. The topological polar surface area (TPSA) is 38.5 Å². The zero-order valence-corrected chi connectivity index (χ0v) is 11.3. The molecule has 1 heterocycles. The number of rotatable bonds is 3. The molecule has 2 N–H and O–H groups in total. The van der Waals surface area contributed by atoms with Crippen molar-refractivity contribution < 1.29 is 4.74 Å². The summed E-state index contributed by atoms with van der Waals surface area (Å²) in [5.74, 6) is 0. The van der Waals surface area contributed by atoms with Crippen LogP contribution in [0.25, 0.3) is 0 Å². The number of hydrogen-bond acceptors (Lipinski definition) is 4. The van der Waals surface area contributed by atoms with Gasteiger partial charge >= 0.3 is 0 Å².